The Balaban J connectivity index is 2.27. The van der Waals surface area contributed by atoms with Crippen molar-refractivity contribution in [3.8, 4) is 0 Å². The van der Waals surface area contributed by atoms with Gasteiger partial charge in [0.2, 0.25) is 10.0 Å². The molecule has 0 fully saturated rings. The van der Waals surface area contributed by atoms with E-state index in [1.54, 1.807) is 0 Å². The Labute approximate surface area is 95.2 Å². The SMILES string of the molecule is Cc1noc(C)c1CNCCCS(N)(=O)=O. The fourth-order valence-corrected chi connectivity index (χ4v) is 1.91. The molecule has 6 nitrogen and oxygen atoms in total. The Morgan fingerprint density at radius 1 is 1.44 bits per heavy atom. The highest BCUT2D eigenvalue weighted by Gasteiger charge is 2.08. The summed E-state index contributed by atoms with van der Waals surface area (Å²) in [6, 6.07) is 0. The predicted molar refractivity (Wildman–Crippen MR) is 60.3 cm³/mol. The van der Waals surface area contributed by atoms with Crippen molar-refractivity contribution < 1.29 is 12.9 Å². The number of nitrogens with one attached hydrogen (secondary N) is 1. The molecule has 7 heteroatoms. The van der Waals surface area contributed by atoms with Crippen LogP contribution in [0.25, 0.3) is 0 Å². The van der Waals surface area contributed by atoms with Gasteiger partial charge in [0.25, 0.3) is 0 Å². The number of primary sulfonamides is 1. The normalized spacial score (nSPS) is 11.9. The van der Waals surface area contributed by atoms with Gasteiger partial charge in [-0.3, -0.25) is 0 Å². The van der Waals surface area contributed by atoms with Crippen LogP contribution in [0.3, 0.4) is 0 Å². The lowest BCUT2D eigenvalue weighted by molar-refractivity contribution is 0.392. The molecule has 0 aromatic carbocycles. The summed E-state index contributed by atoms with van der Waals surface area (Å²) in [4.78, 5) is 0. The highest BCUT2D eigenvalue weighted by Crippen LogP contribution is 2.11. The van der Waals surface area contributed by atoms with Crippen LogP contribution in [0.15, 0.2) is 4.52 Å². The molecular formula is C9H17N3O3S. The molecule has 0 saturated carbocycles. The van der Waals surface area contributed by atoms with Crippen molar-refractivity contribution in [1.82, 2.24) is 10.5 Å². The van der Waals surface area contributed by atoms with Crippen LogP contribution in [0.1, 0.15) is 23.4 Å². The molecule has 0 unspecified atom stereocenters. The average Bonchev–Trinajstić information content (AvgIpc) is 2.46. The van der Waals surface area contributed by atoms with Crippen LogP contribution in [-0.2, 0) is 16.6 Å². The van der Waals surface area contributed by atoms with Crippen molar-refractivity contribution in [2.24, 2.45) is 5.14 Å². The molecule has 0 aliphatic rings. The van der Waals surface area contributed by atoms with E-state index < -0.39 is 10.0 Å². The van der Waals surface area contributed by atoms with E-state index in [2.05, 4.69) is 10.5 Å². The molecule has 0 amide bonds. The van der Waals surface area contributed by atoms with Gasteiger partial charge in [0.1, 0.15) is 5.76 Å². The van der Waals surface area contributed by atoms with Crippen molar-refractivity contribution >= 4 is 10.0 Å². The quantitative estimate of drug-likeness (QED) is 0.693. The second-order valence-electron chi connectivity index (χ2n) is 3.70. The van der Waals surface area contributed by atoms with Gasteiger partial charge in [-0.05, 0) is 26.8 Å². The Hall–Kier alpha value is -0.920. The highest BCUT2D eigenvalue weighted by molar-refractivity contribution is 7.89. The van der Waals surface area contributed by atoms with Gasteiger partial charge in [-0.25, -0.2) is 13.6 Å². The van der Waals surface area contributed by atoms with Gasteiger partial charge in [-0.2, -0.15) is 0 Å². The molecular weight excluding hydrogens is 230 g/mol. The van der Waals surface area contributed by atoms with Crippen molar-refractivity contribution in [1.29, 1.82) is 0 Å². The molecule has 0 bridgehead atoms. The topological polar surface area (TPSA) is 98.2 Å². The van der Waals surface area contributed by atoms with Crippen molar-refractivity contribution in [2.45, 2.75) is 26.8 Å². The second kappa shape index (κ2) is 5.42. The fraction of sp³-hybridized carbons (Fsp3) is 0.667. The third-order valence-corrected chi connectivity index (χ3v) is 3.12. The van der Waals surface area contributed by atoms with Gasteiger partial charge in [0, 0.05) is 12.1 Å². The first-order valence-electron chi connectivity index (χ1n) is 5.03. The number of aromatic nitrogens is 1. The zero-order valence-electron chi connectivity index (χ0n) is 9.49. The molecule has 0 atom stereocenters. The van der Waals surface area contributed by atoms with Crippen molar-refractivity contribution in [3.63, 3.8) is 0 Å². The van der Waals surface area contributed by atoms with Crippen molar-refractivity contribution in [3.05, 3.63) is 17.0 Å². The summed E-state index contributed by atoms with van der Waals surface area (Å²) >= 11 is 0. The van der Waals surface area contributed by atoms with Crippen LogP contribution < -0.4 is 10.5 Å². The zero-order valence-corrected chi connectivity index (χ0v) is 10.3. The van der Waals surface area contributed by atoms with Gasteiger partial charge >= 0.3 is 0 Å². The summed E-state index contributed by atoms with van der Waals surface area (Å²) < 4.78 is 26.3. The molecule has 0 saturated heterocycles. The minimum absolute atomic E-state index is 0.00159. The van der Waals surface area contributed by atoms with Crippen LogP contribution in [0.4, 0.5) is 0 Å². The van der Waals surface area contributed by atoms with Crippen LogP contribution >= 0.6 is 0 Å². The third kappa shape index (κ3) is 4.30. The average molecular weight is 247 g/mol. The Kier molecular flexibility index (Phi) is 4.45. The van der Waals surface area contributed by atoms with Crippen LogP contribution in [0, 0.1) is 13.8 Å². The second-order valence-corrected chi connectivity index (χ2v) is 5.43. The molecule has 1 rings (SSSR count). The molecule has 1 aromatic rings. The van der Waals surface area contributed by atoms with Gasteiger partial charge in [0.05, 0.1) is 11.4 Å². The lowest BCUT2D eigenvalue weighted by Gasteiger charge is -2.03. The maximum absolute atomic E-state index is 10.7. The molecule has 0 radical (unpaired) electrons. The first-order valence-corrected chi connectivity index (χ1v) is 6.74. The van der Waals surface area contributed by atoms with Crippen molar-refractivity contribution in [2.75, 3.05) is 12.3 Å². The zero-order chi connectivity index (χ0) is 12.2. The van der Waals surface area contributed by atoms with E-state index in [4.69, 9.17) is 9.66 Å². The Morgan fingerprint density at radius 2 is 2.12 bits per heavy atom. The number of sulfonamides is 1. The van der Waals surface area contributed by atoms with Crippen LogP contribution in [0.5, 0.6) is 0 Å². The van der Waals surface area contributed by atoms with Gasteiger partial charge in [-0.1, -0.05) is 5.16 Å². The van der Waals surface area contributed by atoms with E-state index in [1.807, 2.05) is 13.8 Å². The summed E-state index contributed by atoms with van der Waals surface area (Å²) in [5, 5.41) is 11.8. The van der Waals surface area contributed by atoms with E-state index >= 15 is 0 Å². The lowest BCUT2D eigenvalue weighted by Crippen LogP contribution is -2.22. The maximum atomic E-state index is 10.7. The van der Waals surface area contributed by atoms with Crippen LogP contribution in [-0.4, -0.2) is 25.9 Å². The largest absolute Gasteiger partial charge is 0.361 e. The number of nitrogens with zero attached hydrogens (tertiary/aromatic N) is 1. The predicted octanol–water partition coefficient (Wildman–Crippen LogP) is 0.0596. The molecule has 0 spiro atoms. The van der Waals surface area contributed by atoms with E-state index in [0.717, 1.165) is 17.0 Å². The molecule has 3 N–H and O–H groups in total. The molecule has 16 heavy (non-hydrogen) atoms. The van der Waals surface area contributed by atoms with Crippen LogP contribution in [0.2, 0.25) is 0 Å². The fourth-order valence-electron chi connectivity index (χ4n) is 1.37. The molecule has 1 aromatic heterocycles. The highest BCUT2D eigenvalue weighted by atomic mass is 32.2. The summed E-state index contributed by atoms with van der Waals surface area (Å²) in [6.45, 7) is 4.95. The lowest BCUT2D eigenvalue weighted by atomic mass is 10.2. The standard InChI is InChI=1S/C9H17N3O3S/c1-7-9(8(2)15-12-7)6-11-4-3-5-16(10,13)14/h11H,3-6H2,1-2H3,(H2,10,13,14). The first-order chi connectivity index (χ1) is 7.40. The molecule has 0 aliphatic heterocycles. The number of nitrogens with two attached hydrogens (primary N) is 1. The Morgan fingerprint density at radius 3 is 2.62 bits per heavy atom. The van der Waals surface area contributed by atoms with E-state index in [1.165, 1.54) is 0 Å². The number of hydrogen-bond acceptors (Lipinski definition) is 5. The Bertz CT molecular complexity index is 419. The molecule has 92 valence electrons. The third-order valence-electron chi connectivity index (χ3n) is 2.27. The van der Waals surface area contributed by atoms with Gasteiger partial charge in [0.15, 0.2) is 0 Å². The minimum Gasteiger partial charge on any atom is -0.361 e. The first kappa shape index (κ1) is 13.1. The molecule has 1 heterocycles. The maximum Gasteiger partial charge on any atom is 0.209 e. The number of aryl methyl sites for hydroxylation is 2. The van der Waals surface area contributed by atoms with Gasteiger partial charge in [-0.15, -0.1) is 0 Å². The van der Waals surface area contributed by atoms with E-state index in [0.29, 0.717) is 19.5 Å². The monoisotopic (exact) mass is 247 g/mol. The number of hydrogen-bond donors (Lipinski definition) is 2. The summed E-state index contributed by atoms with van der Waals surface area (Å²) in [7, 11) is -3.35. The molecule has 0 aliphatic carbocycles. The smallest absolute Gasteiger partial charge is 0.209 e. The summed E-state index contributed by atoms with van der Waals surface area (Å²) in [5.74, 6) is 0.790. The van der Waals surface area contributed by atoms with E-state index in [-0.39, 0.29) is 5.75 Å². The number of rotatable bonds is 6. The minimum atomic E-state index is -3.35. The summed E-state index contributed by atoms with van der Waals surface area (Å²) in [5.41, 5.74) is 1.88. The summed E-state index contributed by atoms with van der Waals surface area (Å²) in [6.07, 6.45) is 0.502. The van der Waals surface area contributed by atoms with E-state index in [9.17, 15) is 8.42 Å². The van der Waals surface area contributed by atoms with Gasteiger partial charge < -0.3 is 9.84 Å².